The number of hydrogen-bond acceptors (Lipinski definition) is 3. The summed E-state index contributed by atoms with van der Waals surface area (Å²) in [6, 6.07) is 0. The van der Waals surface area contributed by atoms with Crippen LogP contribution in [0.25, 0.3) is 0 Å². The monoisotopic (exact) mass is 300 g/mol. The predicted molar refractivity (Wildman–Crippen MR) is 88.0 cm³/mol. The Morgan fingerprint density at radius 1 is 0.667 bits per heavy atom. The van der Waals surface area contributed by atoms with Crippen LogP contribution in [-0.4, -0.2) is 12.6 Å². The van der Waals surface area contributed by atoms with Crippen molar-refractivity contribution in [3.63, 3.8) is 0 Å². The molecule has 0 unspecified atom stereocenters. The van der Waals surface area contributed by atoms with Gasteiger partial charge in [0.1, 0.15) is 0 Å². The highest BCUT2D eigenvalue weighted by atomic mass is 17.2. The van der Waals surface area contributed by atoms with E-state index in [1.165, 1.54) is 57.8 Å². The quantitative estimate of drug-likeness (QED) is 0.200. The first kappa shape index (κ1) is 20.4. The van der Waals surface area contributed by atoms with Crippen LogP contribution in [0, 0.1) is 0 Å². The van der Waals surface area contributed by atoms with Gasteiger partial charge in [0.25, 0.3) is 0 Å². The van der Waals surface area contributed by atoms with Crippen LogP contribution in [0.1, 0.15) is 104 Å². The van der Waals surface area contributed by atoms with Crippen LogP contribution in [0.15, 0.2) is 0 Å². The zero-order valence-corrected chi connectivity index (χ0v) is 14.3. The molecule has 0 amide bonds. The average molecular weight is 300 g/mol. The molecule has 0 rings (SSSR count). The molecule has 3 nitrogen and oxygen atoms in total. The predicted octanol–water partition coefficient (Wildman–Crippen LogP) is 5.96. The lowest BCUT2D eigenvalue weighted by atomic mass is 10.1. The average Bonchev–Trinajstić information content (AvgIpc) is 2.49. The molecule has 21 heavy (non-hydrogen) atoms. The molecule has 0 aliphatic rings. The highest BCUT2D eigenvalue weighted by Crippen LogP contribution is 2.10. The van der Waals surface area contributed by atoms with Gasteiger partial charge in [0.15, 0.2) is 0 Å². The standard InChI is InChI=1S/C18H36O3/c1-3-5-7-9-10-11-12-13-14-16-18(19)21-20-17-15-8-6-4-2/h3-17H2,1-2H3. The number of rotatable bonds is 16. The van der Waals surface area contributed by atoms with Gasteiger partial charge in [-0.1, -0.05) is 84.5 Å². The van der Waals surface area contributed by atoms with Crippen molar-refractivity contribution in [2.75, 3.05) is 6.61 Å². The maximum Gasteiger partial charge on any atom is 0.342 e. The van der Waals surface area contributed by atoms with Gasteiger partial charge < -0.3 is 0 Å². The summed E-state index contributed by atoms with van der Waals surface area (Å²) in [5.74, 6) is -0.214. The van der Waals surface area contributed by atoms with Crippen molar-refractivity contribution in [2.45, 2.75) is 104 Å². The molecule has 0 aliphatic heterocycles. The molecule has 0 aromatic carbocycles. The van der Waals surface area contributed by atoms with Gasteiger partial charge in [-0.3, -0.25) is 4.89 Å². The molecule has 0 saturated carbocycles. The Labute approximate surface area is 131 Å². The summed E-state index contributed by atoms with van der Waals surface area (Å²) >= 11 is 0. The van der Waals surface area contributed by atoms with Gasteiger partial charge in [-0.15, -0.1) is 0 Å². The first-order chi connectivity index (χ1) is 10.3. The summed E-state index contributed by atoms with van der Waals surface area (Å²) in [7, 11) is 0. The molecular weight excluding hydrogens is 264 g/mol. The zero-order chi connectivity index (χ0) is 15.6. The minimum atomic E-state index is -0.214. The molecule has 0 bridgehead atoms. The molecule has 0 fully saturated rings. The largest absolute Gasteiger partial charge is 0.342 e. The highest BCUT2D eigenvalue weighted by Gasteiger charge is 2.03. The van der Waals surface area contributed by atoms with E-state index in [4.69, 9.17) is 9.78 Å². The van der Waals surface area contributed by atoms with E-state index in [0.717, 1.165) is 25.7 Å². The lowest BCUT2D eigenvalue weighted by molar-refractivity contribution is -0.272. The van der Waals surface area contributed by atoms with Gasteiger partial charge in [0.05, 0.1) is 6.61 Å². The van der Waals surface area contributed by atoms with Crippen molar-refractivity contribution >= 4 is 5.97 Å². The Balaban J connectivity index is 3.12. The van der Waals surface area contributed by atoms with Gasteiger partial charge in [-0.2, -0.15) is 4.89 Å². The molecule has 0 radical (unpaired) electrons. The minimum absolute atomic E-state index is 0.214. The van der Waals surface area contributed by atoms with E-state index in [1.807, 2.05) is 0 Å². The first-order valence-corrected chi connectivity index (χ1v) is 9.13. The second-order valence-corrected chi connectivity index (χ2v) is 5.92. The van der Waals surface area contributed by atoms with E-state index >= 15 is 0 Å². The van der Waals surface area contributed by atoms with Crippen LogP contribution in [0.5, 0.6) is 0 Å². The molecule has 3 heteroatoms. The van der Waals surface area contributed by atoms with Crippen molar-refractivity contribution in [3.8, 4) is 0 Å². The highest BCUT2D eigenvalue weighted by molar-refractivity contribution is 5.68. The molecule has 0 heterocycles. The summed E-state index contributed by atoms with van der Waals surface area (Å²) in [5.41, 5.74) is 0. The van der Waals surface area contributed by atoms with Gasteiger partial charge in [-0.05, 0) is 12.8 Å². The zero-order valence-electron chi connectivity index (χ0n) is 14.3. The third-order valence-corrected chi connectivity index (χ3v) is 3.72. The first-order valence-electron chi connectivity index (χ1n) is 9.13. The van der Waals surface area contributed by atoms with Gasteiger partial charge >= 0.3 is 5.97 Å². The number of carbonyl (C=O) groups excluding carboxylic acids is 1. The van der Waals surface area contributed by atoms with E-state index in [0.29, 0.717) is 13.0 Å². The Morgan fingerprint density at radius 2 is 1.14 bits per heavy atom. The summed E-state index contributed by atoms with van der Waals surface area (Å²) in [6.07, 6.45) is 16.4. The van der Waals surface area contributed by atoms with Crippen molar-refractivity contribution in [1.29, 1.82) is 0 Å². The van der Waals surface area contributed by atoms with Crippen LogP contribution < -0.4 is 0 Å². The molecule has 0 N–H and O–H groups in total. The van der Waals surface area contributed by atoms with E-state index < -0.39 is 0 Å². The SMILES string of the molecule is CCCCCCCCCCCC(=O)OOCCCCCC. The van der Waals surface area contributed by atoms with Crippen molar-refractivity contribution in [3.05, 3.63) is 0 Å². The van der Waals surface area contributed by atoms with Crippen LogP contribution in [0.2, 0.25) is 0 Å². The number of unbranched alkanes of at least 4 members (excludes halogenated alkanes) is 11. The summed E-state index contributed by atoms with van der Waals surface area (Å²) < 4.78 is 0. The second-order valence-electron chi connectivity index (χ2n) is 5.92. The van der Waals surface area contributed by atoms with Gasteiger partial charge in [0, 0.05) is 6.42 Å². The van der Waals surface area contributed by atoms with E-state index in [-0.39, 0.29) is 5.97 Å². The normalized spacial score (nSPS) is 10.8. The van der Waals surface area contributed by atoms with Crippen molar-refractivity contribution in [2.24, 2.45) is 0 Å². The summed E-state index contributed by atoms with van der Waals surface area (Å²) in [4.78, 5) is 21.1. The summed E-state index contributed by atoms with van der Waals surface area (Å²) in [6.45, 7) is 4.95. The van der Waals surface area contributed by atoms with Gasteiger partial charge in [0.2, 0.25) is 0 Å². The Hall–Kier alpha value is -0.570. The molecule has 0 spiro atoms. The maximum absolute atomic E-state index is 11.4. The van der Waals surface area contributed by atoms with Crippen molar-refractivity contribution in [1.82, 2.24) is 0 Å². The molecule has 0 saturated heterocycles. The number of carbonyl (C=O) groups is 1. The maximum atomic E-state index is 11.4. The third kappa shape index (κ3) is 17.4. The van der Waals surface area contributed by atoms with Crippen LogP contribution >= 0.6 is 0 Å². The topological polar surface area (TPSA) is 35.5 Å². The lowest BCUT2D eigenvalue weighted by Crippen LogP contribution is -2.06. The van der Waals surface area contributed by atoms with E-state index in [9.17, 15) is 4.79 Å². The minimum Gasteiger partial charge on any atom is -0.298 e. The Bertz CT molecular complexity index is 217. The fraction of sp³-hybridized carbons (Fsp3) is 0.944. The van der Waals surface area contributed by atoms with E-state index in [1.54, 1.807) is 0 Å². The van der Waals surface area contributed by atoms with Crippen LogP contribution in [-0.2, 0) is 14.6 Å². The molecule has 126 valence electrons. The van der Waals surface area contributed by atoms with Crippen LogP contribution in [0.4, 0.5) is 0 Å². The molecule has 0 atom stereocenters. The lowest BCUT2D eigenvalue weighted by Gasteiger charge is -2.04. The van der Waals surface area contributed by atoms with Crippen molar-refractivity contribution < 1.29 is 14.6 Å². The molecule has 0 aromatic heterocycles. The molecule has 0 aromatic rings. The molecule has 0 aliphatic carbocycles. The number of hydrogen-bond donors (Lipinski definition) is 0. The van der Waals surface area contributed by atoms with Gasteiger partial charge in [-0.25, -0.2) is 4.79 Å². The second kappa shape index (κ2) is 17.5. The molecular formula is C18H36O3. The Morgan fingerprint density at radius 3 is 1.71 bits per heavy atom. The van der Waals surface area contributed by atoms with E-state index in [2.05, 4.69) is 13.8 Å². The fourth-order valence-electron chi connectivity index (χ4n) is 2.32. The Kier molecular flexibility index (Phi) is 17.0. The van der Waals surface area contributed by atoms with Crippen LogP contribution in [0.3, 0.4) is 0 Å². The smallest absolute Gasteiger partial charge is 0.298 e. The third-order valence-electron chi connectivity index (χ3n) is 3.72. The summed E-state index contributed by atoms with van der Waals surface area (Å²) in [5, 5.41) is 0. The fourth-order valence-corrected chi connectivity index (χ4v) is 2.32.